The Hall–Kier alpha value is -2.87. The van der Waals surface area contributed by atoms with E-state index in [1.807, 2.05) is 42.2 Å². The van der Waals surface area contributed by atoms with Gasteiger partial charge in [-0.3, -0.25) is 19.1 Å². The monoisotopic (exact) mass is 344 g/mol. The van der Waals surface area contributed by atoms with Crippen molar-refractivity contribution in [2.75, 3.05) is 30.0 Å². The largest absolute Gasteiger partial charge is 0.361 e. The van der Waals surface area contributed by atoms with Crippen LogP contribution in [0.5, 0.6) is 0 Å². The van der Waals surface area contributed by atoms with Gasteiger partial charge >= 0.3 is 5.69 Å². The quantitative estimate of drug-likeness (QED) is 0.895. The molecule has 1 aromatic heterocycles. The summed E-state index contributed by atoms with van der Waals surface area (Å²) in [5, 5.41) is 0. The molecule has 0 bridgehead atoms. The number of amides is 1. The van der Waals surface area contributed by atoms with Gasteiger partial charge in [0.15, 0.2) is 5.69 Å². The number of aromatic nitrogens is 2. The van der Waals surface area contributed by atoms with Crippen molar-refractivity contribution in [3.8, 4) is 0 Å². The number of benzene rings is 1. The Morgan fingerprint density at radius 1 is 1.16 bits per heavy atom. The number of nitrogens with zero attached hydrogens (tertiary/aromatic N) is 3. The van der Waals surface area contributed by atoms with Gasteiger partial charge < -0.3 is 14.5 Å². The van der Waals surface area contributed by atoms with Gasteiger partial charge in [0.2, 0.25) is 5.91 Å². The number of rotatable bonds is 4. The van der Waals surface area contributed by atoms with Crippen molar-refractivity contribution < 1.29 is 9.53 Å². The molecule has 0 unspecified atom stereocenters. The Morgan fingerprint density at radius 2 is 1.88 bits per heavy atom. The van der Waals surface area contributed by atoms with Crippen LogP contribution >= 0.6 is 0 Å². The predicted molar refractivity (Wildman–Crippen MR) is 94.4 cm³/mol. The fourth-order valence-electron chi connectivity index (χ4n) is 2.89. The van der Waals surface area contributed by atoms with Gasteiger partial charge in [-0.2, -0.15) is 0 Å². The van der Waals surface area contributed by atoms with Gasteiger partial charge in [-0.25, -0.2) is 4.79 Å². The first-order chi connectivity index (χ1) is 12.0. The Kier molecular flexibility index (Phi) is 4.71. The number of H-pyrrole nitrogens is 1. The summed E-state index contributed by atoms with van der Waals surface area (Å²) in [5.74, 6) is 0.175. The lowest BCUT2D eigenvalue weighted by molar-refractivity contribution is -0.118. The van der Waals surface area contributed by atoms with Crippen LogP contribution in [0.15, 0.2) is 39.9 Å². The first kappa shape index (κ1) is 17.0. The van der Waals surface area contributed by atoms with E-state index in [0.29, 0.717) is 19.0 Å². The summed E-state index contributed by atoms with van der Waals surface area (Å²) < 4.78 is 6.75. The van der Waals surface area contributed by atoms with Gasteiger partial charge in [0, 0.05) is 32.3 Å². The molecule has 8 nitrogen and oxygen atoms in total. The number of aromatic amines is 1. The maximum absolute atomic E-state index is 12.5. The van der Waals surface area contributed by atoms with Gasteiger partial charge in [-0.05, 0) is 19.1 Å². The third kappa shape index (κ3) is 3.08. The molecule has 2 aromatic rings. The van der Waals surface area contributed by atoms with Crippen LogP contribution in [-0.2, 0) is 16.3 Å². The van der Waals surface area contributed by atoms with Crippen LogP contribution in [0.25, 0.3) is 0 Å². The SMILES string of the molecule is CCOCn1c2c(c(=O)[nH]c1=O)N(C)C(=O)CCN2c1ccccc1. The van der Waals surface area contributed by atoms with Crippen molar-refractivity contribution in [2.45, 2.75) is 20.1 Å². The van der Waals surface area contributed by atoms with Crippen LogP contribution in [0.2, 0.25) is 0 Å². The molecule has 0 saturated heterocycles. The summed E-state index contributed by atoms with van der Waals surface area (Å²) >= 11 is 0. The molecular formula is C17H20N4O4. The van der Waals surface area contributed by atoms with E-state index in [2.05, 4.69) is 4.98 Å². The number of carbonyl (C=O) groups is 1. The van der Waals surface area contributed by atoms with E-state index in [9.17, 15) is 14.4 Å². The average molecular weight is 344 g/mol. The Morgan fingerprint density at radius 3 is 2.56 bits per heavy atom. The summed E-state index contributed by atoms with van der Waals surface area (Å²) in [6.07, 6.45) is 0.225. The zero-order valence-electron chi connectivity index (χ0n) is 14.2. The van der Waals surface area contributed by atoms with E-state index < -0.39 is 11.2 Å². The second-order valence-corrected chi connectivity index (χ2v) is 5.67. The van der Waals surface area contributed by atoms with E-state index in [1.54, 1.807) is 7.05 Å². The van der Waals surface area contributed by atoms with Crippen LogP contribution in [0.1, 0.15) is 13.3 Å². The van der Waals surface area contributed by atoms with Gasteiger partial charge in [-0.1, -0.05) is 18.2 Å². The summed E-state index contributed by atoms with van der Waals surface area (Å²) in [7, 11) is 1.54. The van der Waals surface area contributed by atoms with Crippen molar-refractivity contribution in [2.24, 2.45) is 0 Å². The van der Waals surface area contributed by atoms with Crippen LogP contribution in [0.3, 0.4) is 0 Å². The highest BCUT2D eigenvalue weighted by Crippen LogP contribution is 2.33. The molecule has 132 valence electrons. The van der Waals surface area contributed by atoms with Crippen molar-refractivity contribution >= 4 is 23.1 Å². The molecule has 0 saturated carbocycles. The highest BCUT2D eigenvalue weighted by molar-refractivity contribution is 5.98. The van der Waals surface area contributed by atoms with Gasteiger partial charge in [0.05, 0.1) is 0 Å². The molecule has 0 spiro atoms. The lowest BCUT2D eigenvalue weighted by atomic mass is 10.2. The second kappa shape index (κ2) is 6.94. The van der Waals surface area contributed by atoms with Gasteiger partial charge in [-0.15, -0.1) is 0 Å². The molecule has 25 heavy (non-hydrogen) atoms. The number of fused-ring (bicyclic) bond motifs is 1. The topological polar surface area (TPSA) is 87.6 Å². The van der Waals surface area contributed by atoms with Crippen LogP contribution in [-0.4, -0.2) is 35.7 Å². The summed E-state index contributed by atoms with van der Waals surface area (Å²) in [5.41, 5.74) is -0.222. The van der Waals surface area contributed by atoms with Crippen molar-refractivity contribution in [1.29, 1.82) is 0 Å². The number of ether oxygens (including phenoxy) is 1. The number of carbonyl (C=O) groups excluding carboxylic acids is 1. The third-order valence-corrected chi connectivity index (χ3v) is 4.15. The van der Waals surface area contributed by atoms with Crippen molar-refractivity contribution in [1.82, 2.24) is 9.55 Å². The highest BCUT2D eigenvalue weighted by Gasteiger charge is 2.30. The minimum absolute atomic E-state index is 0.0141. The van der Waals surface area contributed by atoms with E-state index in [4.69, 9.17) is 4.74 Å². The van der Waals surface area contributed by atoms with Crippen LogP contribution in [0.4, 0.5) is 17.2 Å². The molecule has 1 amide bonds. The lowest BCUT2D eigenvalue weighted by Gasteiger charge is -2.27. The molecule has 1 aromatic carbocycles. The van der Waals surface area contributed by atoms with E-state index in [-0.39, 0.29) is 24.7 Å². The minimum Gasteiger partial charge on any atom is -0.361 e. The molecular weight excluding hydrogens is 324 g/mol. The lowest BCUT2D eigenvalue weighted by Crippen LogP contribution is -2.39. The summed E-state index contributed by atoms with van der Waals surface area (Å²) in [6, 6.07) is 9.35. The minimum atomic E-state index is -0.591. The second-order valence-electron chi connectivity index (χ2n) is 5.67. The molecule has 1 aliphatic heterocycles. The molecule has 2 heterocycles. The molecule has 8 heteroatoms. The van der Waals surface area contributed by atoms with Crippen LogP contribution in [0, 0.1) is 0 Å². The number of anilines is 3. The molecule has 1 aliphatic rings. The fourth-order valence-corrected chi connectivity index (χ4v) is 2.89. The van der Waals surface area contributed by atoms with Crippen molar-refractivity contribution in [3.05, 3.63) is 51.2 Å². The van der Waals surface area contributed by atoms with E-state index in [0.717, 1.165) is 5.69 Å². The highest BCUT2D eigenvalue weighted by atomic mass is 16.5. The molecule has 0 aliphatic carbocycles. The Labute approximate surface area is 144 Å². The number of nitrogens with one attached hydrogen (secondary N) is 1. The first-order valence-corrected chi connectivity index (χ1v) is 8.08. The predicted octanol–water partition coefficient (Wildman–Crippen LogP) is 1.04. The average Bonchev–Trinajstić information content (AvgIpc) is 2.73. The Bertz CT molecular complexity index is 888. The molecule has 0 fully saturated rings. The van der Waals surface area contributed by atoms with Crippen LogP contribution < -0.4 is 21.0 Å². The van der Waals surface area contributed by atoms with E-state index >= 15 is 0 Å². The fraction of sp³-hybridized carbons (Fsp3) is 0.353. The van der Waals surface area contributed by atoms with Gasteiger partial charge in [0.1, 0.15) is 12.5 Å². The van der Waals surface area contributed by atoms with Crippen molar-refractivity contribution in [3.63, 3.8) is 0 Å². The maximum atomic E-state index is 12.5. The molecule has 0 atom stereocenters. The number of para-hydroxylation sites is 1. The standard InChI is InChI=1S/C17H20N4O4/c1-3-25-11-21-16-14(15(23)18-17(21)24)19(2)13(22)9-10-20(16)12-7-5-4-6-8-12/h4-8H,3,9-11H2,1-2H3,(H,18,23,24). The van der Waals surface area contributed by atoms with E-state index in [1.165, 1.54) is 9.47 Å². The summed E-state index contributed by atoms with van der Waals surface area (Å²) in [4.78, 5) is 42.6. The Balaban J connectivity index is 2.30. The molecule has 3 rings (SSSR count). The third-order valence-electron chi connectivity index (χ3n) is 4.15. The number of hydrogen-bond donors (Lipinski definition) is 1. The zero-order valence-corrected chi connectivity index (χ0v) is 14.2. The molecule has 1 N–H and O–H groups in total. The zero-order chi connectivity index (χ0) is 18.0. The normalized spacial score (nSPS) is 14.4. The maximum Gasteiger partial charge on any atom is 0.331 e. The molecule has 0 radical (unpaired) electrons. The number of hydrogen-bond acceptors (Lipinski definition) is 5. The summed E-state index contributed by atoms with van der Waals surface area (Å²) in [6.45, 7) is 2.58. The first-order valence-electron chi connectivity index (χ1n) is 8.08. The smallest absolute Gasteiger partial charge is 0.331 e. The van der Waals surface area contributed by atoms with Gasteiger partial charge in [0.25, 0.3) is 5.56 Å².